The van der Waals surface area contributed by atoms with Crippen LogP contribution in [0.4, 0.5) is 4.79 Å². The van der Waals surface area contributed by atoms with Crippen molar-refractivity contribution in [2.45, 2.75) is 69.5 Å². The second-order valence-electron chi connectivity index (χ2n) is 11.8. The van der Waals surface area contributed by atoms with Crippen LogP contribution in [-0.2, 0) is 23.9 Å². The van der Waals surface area contributed by atoms with Gasteiger partial charge in [-0.3, -0.25) is 9.59 Å². The van der Waals surface area contributed by atoms with Crippen molar-refractivity contribution in [2.24, 2.45) is 5.92 Å². The molecule has 0 unspecified atom stereocenters. The zero-order valence-electron chi connectivity index (χ0n) is 25.1. The normalized spacial score (nSPS) is 24.2. The van der Waals surface area contributed by atoms with Gasteiger partial charge in [-0.2, -0.15) is 0 Å². The number of aliphatic hydroxyl groups is 1. The first-order valence-corrected chi connectivity index (χ1v) is 15.5. The number of benzene rings is 2. The molecule has 3 amide bonds. The number of esters is 1. The van der Waals surface area contributed by atoms with Crippen molar-refractivity contribution in [1.29, 1.82) is 0 Å². The third kappa shape index (κ3) is 7.30. The first-order valence-electron chi connectivity index (χ1n) is 15.5. The molecule has 2 aromatic carbocycles. The second kappa shape index (κ2) is 14.5. The Hall–Kier alpha value is -4.18. The third-order valence-corrected chi connectivity index (χ3v) is 8.69. The summed E-state index contributed by atoms with van der Waals surface area (Å²) < 4.78 is 11.1. The number of rotatable bonds is 6. The fourth-order valence-electron chi connectivity index (χ4n) is 6.35. The molecule has 1 aliphatic carbocycles. The van der Waals surface area contributed by atoms with Crippen LogP contribution in [0.25, 0.3) is 11.1 Å². The lowest BCUT2D eigenvalue weighted by Crippen LogP contribution is -2.45. The number of fused-ring (bicyclic) bond motifs is 3. The van der Waals surface area contributed by atoms with Gasteiger partial charge >= 0.3 is 12.1 Å². The first kappa shape index (κ1) is 31.3. The Bertz CT molecular complexity index is 1350. The van der Waals surface area contributed by atoms with Crippen LogP contribution in [0.1, 0.15) is 62.5 Å². The number of carbonyl (C=O) groups is 4. The topological polar surface area (TPSA) is 134 Å². The smallest absolute Gasteiger partial charge is 0.407 e. The zero-order chi connectivity index (χ0) is 31.1. The molecule has 2 aliphatic heterocycles. The number of nitrogens with zero attached hydrogens (tertiary/aromatic N) is 1. The highest BCUT2D eigenvalue weighted by molar-refractivity contribution is 5.86. The molecule has 2 heterocycles. The van der Waals surface area contributed by atoms with Crippen molar-refractivity contribution >= 4 is 23.9 Å². The van der Waals surface area contributed by atoms with Crippen molar-refractivity contribution < 1.29 is 33.8 Å². The average molecular weight is 604 g/mol. The van der Waals surface area contributed by atoms with Gasteiger partial charge in [-0.05, 0) is 61.3 Å². The number of aliphatic hydroxyl groups excluding tert-OH is 1. The highest BCUT2D eigenvalue weighted by atomic mass is 16.6. The van der Waals surface area contributed by atoms with E-state index in [0.29, 0.717) is 19.4 Å². The predicted octanol–water partition coefficient (Wildman–Crippen LogP) is 3.67. The van der Waals surface area contributed by atoms with Crippen molar-refractivity contribution in [3.05, 3.63) is 71.8 Å². The lowest BCUT2D eigenvalue weighted by molar-refractivity contribution is -0.147. The van der Waals surface area contributed by atoms with Crippen LogP contribution in [0.2, 0.25) is 0 Å². The summed E-state index contributed by atoms with van der Waals surface area (Å²) in [5.41, 5.74) is 4.44. The van der Waals surface area contributed by atoms with Gasteiger partial charge in [0.15, 0.2) is 0 Å². The highest BCUT2D eigenvalue weighted by Gasteiger charge is 2.33. The van der Waals surface area contributed by atoms with E-state index in [1.54, 1.807) is 11.8 Å². The molecule has 5 rings (SSSR count). The Morgan fingerprint density at radius 2 is 1.75 bits per heavy atom. The van der Waals surface area contributed by atoms with Crippen LogP contribution in [0.15, 0.2) is 60.7 Å². The van der Waals surface area contributed by atoms with Gasteiger partial charge in [0.2, 0.25) is 11.8 Å². The Balaban J connectivity index is 1.19. The predicted molar refractivity (Wildman–Crippen MR) is 163 cm³/mol. The van der Waals surface area contributed by atoms with E-state index in [4.69, 9.17) is 9.47 Å². The van der Waals surface area contributed by atoms with Crippen molar-refractivity contribution in [2.75, 3.05) is 26.4 Å². The van der Waals surface area contributed by atoms with E-state index in [9.17, 15) is 24.3 Å². The van der Waals surface area contributed by atoms with Crippen LogP contribution in [0.5, 0.6) is 0 Å². The minimum absolute atomic E-state index is 0.0329. The molecule has 4 atom stereocenters. The molecule has 1 saturated heterocycles. The summed E-state index contributed by atoms with van der Waals surface area (Å²) in [6.45, 7) is 2.26. The maximum atomic E-state index is 13.1. The third-order valence-electron chi connectivity index (χ3n) is 8.69. The monoisotopic (exact) mass is 603 g/mol. The average Bonchev–Trinajstić information content (AvgIpc) is 3.64. The number of ether oxygens (including phenoxy) is 2. The van der Waals surface area contributed by atoms with Crippen LogP contribution >= 0.6 is 0 Å². The minimum atomic E-state index is -0.929. The Morgan fingerprint density at radius 1 is 1.05 bits per heavy atom. The number of carbonyl (C=O) groups excluding carboxylic acids is 4. The van der Waals surface area contributed by atoms with Gasteiger partial charge in [0.05, 0.1) is 24.6 Å². The van der Waals surface area contributed by atoms with E-state index in [1.165, 1.54) is 0 Å². The maximum absolute atomic E-state index is 13.1. The standard InChI is InChI=1S/C34H41N3O7/c1-22-20-43-33(41)30(16-4-2-3-10-23(32(40)35-22)18-31(39)37-17-9-11-24(37)19-38)36-34(42)44-21-29-27-14-7-5-12-25(27)26-13-6-8-15-28(26)29/h2-3,5-8,12-15,22-24,29-30,38H,4,9-11,16-21H2,1H3,(H,35,40)(H,36,42)/t22-,23+,24-,30-/m0/s1. The fourth-order valence-corrected chi connectivity index (χ4v) is 6.35. The molecule has 234 valence electrons. The summed E-state index contributed by atoms with van der Waals surface area (Å²) in [5, 5.41) is 15.1. The van der Waals surface area contributed by atoms with Gasteiger partial charge < -0.3 is 30.1 Å². The van der Waals surface area contributed by atoms with Gasteiger partial charge in [0.1, 0.15) is 19.3 Å². The summed E-state index contributed by atoms with van der Waals surface area (Å²) in [6, 6.07) is 14.5. The number of amides is 3. The number of hydrogen-bond donors (Lipinski definition) is 3. The van der Waals surface area contributed by atoms with Gasteiger partial charge in [0.25, 0.3) is 0 Å². The molecule has 1 fully saturated rings. The van der Waals surface area contributed by atoms with E-state index in [-0.39, 0.29) is 56.4 Å². The van der Waals surface area contributed by atoms with E-state index in [0.717, 1.165) is 35.1 Å². The summed E-state index contributed by atoms with van der Waals surface area (Å²) in [5.74, 6) is -1.74. The number of likely N-dealkylation sites (tertiary alicyclic amines) is 1. The van der Waals surface area contributed by atoms with E-state index >= 15 is 0 Å². The molecule has 3 aliphatic rings. The highest BCUT2D eigenvalue weighted by Crippen LogP contribution is 2.44. The summed E-state index contributed by atoms with van der Waals surface area (Å²) in [7, 11) is 0. The summed E-state index contributed by atoms with van der Waals surface area (Å²) in [4.78, 5) is 53.6. The number of alkyl carbamates (subject to hydrolysis) is 1. The lowest BCUT2D eigenvalue weighted by Gasteiger charge is -2.26. The molecule has 10 nitrogen and oxygen atoms in total. The molecule has 10 heteroatoms. The molecule has 44 heavy (non-hydrogen) atoms. The van der Waals surface area contributed by atoms with Crippen LogP contribution in [0, 0.1) is 5.92 Å². The largest absolute Gasteiger partial charge is 0.462 e. The van der Waals surface area contributed by atoms with E-state index < -0.39 is 30.1 Å². The SMILES string of the molecule is C[C@H]1COC(=O)[C@@H](NC(=O)OCC2c3ccccc3-c3ccccc32)CCC=CC[C@H](CC(=O)N2CCC[C@H]2CO)C(=O)N1. The van der Waals surface area contributed by atoms with Crippen LogP contribution in [0.3, 0.4) is 0 Å². The Morgan fingerprint density at radius 3 is 2.45 bits per heavy atom. The van der Waals surface area contributed by atoms with Crippen LogP contribution < -0.4 is 10.6 Å². The number of cyclic esters (lactones) is 1. The van der Waals surface area contributed by atoms with Crippen molar-refractivity contribution in [3.63, 3.8) is 0 Å². The number of hydrogen-bond acceptors (Lipinski definition) is 7. The van der Waals surface area contributed by atoms with Crippen LogP contribution in [-0.4, -0.2) is 78.4 Å². The molecule has 0 saturated carbocycles. The molecule has 0 radical (unpaired) electrons. The zero-order valence-corrected chi connectivity index (χ0v) is 25.1. The Labute approximate surface area is 257 Å². The molecular formula is C34H41N3O7. The van der Waals surface area contributed by atoms with Gasteiger partial charge in [-0.25, -0.2) is 9.59 Å². The number of allylic oxidation sites excluding steroid dienone is 2. The van der Waals surface area contributed by atoms with Gasteiger partial charge in [0, 0.05) is 18.9 Å². The molecule has 2 aromatic rings. The van der Waals surface area contributed by atoms with Crippen molar-refractivity contribution in [1.82, 2.24) is 15.5 Å². The first-order chi connectivity index (χ1) is 21.4. The lowest BCUT2D eigenvalue weighted by atomic mass is 9.98. The van der Waals surface area contributed by atoms with E-state index in [2.05, 4.69) is 22.8 Å². The molecule has 0 spiro atoms. The maximum Gasteiger partial charge on any atom is 0.407 e. The van der Waals surface area contributed by atoms with Gasteiger partial charge in [-0.1, -0.05) is 60.7 Å². The van der Waals surface area contributed by atoms with Crippen molar-refractivity contribution in [3.8, 4) is 11.1 Å². The molecular weight excluding hydrogens is 562 g/mol. The quantitative estimate of drug-likeness (QED) is 0.339. The fraction of sp³-hybridized carbons (Fsp3) is 0.471. The summed E-state index contributed by atoms with van der Waals surface area (Å²) >= 11 is 0. The molecule has 0 bridgehead atoms. The molecule has 3 N–H and O–H groups in total. The Kier molecular flexibility index (Phi) is 10.3. The number of nitrogens with one attached hydrogen (secondary N) is 2. The minimum Gasteiger partial charge on any atom is -0.462 e. The summed E-state index contributed by atoms with van der Waals surface area (Å²) in [6.07, 6.45) is 5.68. The van der Waals surface area contributed by atoms with Gasteiger partial charge in [-0.15, -0.1) is 0 Å². The molecule has 0 aromatic heterocycles. The second-order valence-corrected chi connectivity index (χ2v) is 11.8. The van der Waals surface area contributed by atoms with E-state index in [1.807, 2.05) is 48.6 Å².